The molecule has 0 amide bonds. The van der Waals surface area contributed by atoms with E-state index >= 15 is 0 Å². The first-order chi connectivity index (χ1) is 7.50. The van der Waals surface area contributed by atoms with Crippen molar-refractivity contribution in [2.45, 2.75) is 11.8 Å². The normalized spacial score (nSPS) is 11.4. The van der Waals surface area contributed by atoms with E-state index in [0.717, 1.165) is 0 Å². The Hall–Kier alpha value is -0.810. The average Bonchev–Trinajstić information content (AvgIpc) is 2.25. The van der Waals surface area contributed by atoms with Crippen LogP contribution in [0, 0.1) is 0 Å². The molecule has 16 heavy (non-hydrogen) atoms. The Balaban J connectivity index is 3.22. The van der Waals surface area contributed by atoms with Gasteiger partial charge in [0.1, 0.15) is 10.7 Å². The third-order valence-corrected chi connectivity index (χ3v) is 3.47. The van der Waals surface area contributed by atoms with Crippen LogP contribution < -0.4 is 4.90 Å². The van der Waals surface area contributed by atoms with Gasteiger partial charge in [0.15, 0.2) is 9.84 Å². The molecule has 0 atom stereocenters. The summed E-state index contributed by atoms with van der Waals surface area (Å²) in [7, 11) is -3.25. The van der Waals surface area contributed by atoms with Crippen LogP contribution in [0.1, 0.15) is 6.92 Å². The van der Waals surface area contributed by atoms with E-state index in [1.54, 1.807) is 18.3 Å². The van der Waals surface area contributed by atoms with Crippen molar-refractivity contribution in [3.05, 3.63) is 18.3 Å². The fourth-order valence-electron chi connectivity index (χ4n) is 1.42. The summed E-state index contributed by atoms with van der Waals surface area (Å²) in [6.45, 7) is 3.19. The molecule has 0 radical (unpaired) electrons. The molecule has 1 heterocycles. The second kappa shape index (κ2) is 5.50. The van der Waals surface area contributed by atoms with Gasteiger partial charge in [-0.25, -0.2) is 13.4 Å². The lowest BCUT2D eigenvalue weighted by Gasteiger charge is -2.22. The zero-order valence-corrected chi connectivity index (χ0v) is 10.9. The third kappa shape index (κ3) is 3.09. The quantitative estimate of drug-likeness (QED) is 0.756. The van der Waals surface area contributed by atoms with Gasteiger partial charge in [-0.2, -0.15) is 0 Å². The molecule has 0 saturated carbocycles. The monoisotopic (exact) mass is 262 g/mol. The number of sulfone groups is 1. The lowest BCUT2D eigenvalue weighted by molar-refractivity contribution is 0.601. The zero-order chi connectivity index (χ0) is 12.2. The van der Waals surface area contributed by atoms with Crippen LogP contribution in [0.2, 0.25) is 0 Å². The highest BCUT2D eigenvalue weighted by atomic mass is 35.5. The number of pyridine rings is 1. The maximum absolute atomic E-state index is 11.6. The summed E-state index contributed by atoms with van der Waals surface area (Å²) in [5.74, 6) is 0.918. The topological polar surface area (TPSA) is 50.3 Å². The molecule has 0 unspecified atom stereocenters. The number of hydrogen-bond acceptors (Lipinski definition) is 4. The molecule has 0 aliphatic carbocycles. The minimum atomic E-state index is -3.25. The number of nitrogens with zero attached hydrogens (tertiary/aromatic N) is 2. The molecule has 0 spiro atoms. The van der Waals surface area contributed by atoms with Gasteiger partial charge >= 0.3 is 0 Å². The van der Waals surface area contributed by atoms with E-state index in [-0.39, 0.29) is 4.90 Å². The molecule has 4 nitrogen and oxygen atoms in total. The molecular weight excluding hydrogens is 248 g/mol. The molecule has 1 aromatic rings. The molecule has 6 heteroatoms. The summed E-state index contributed by atoms with van der Waals surface area (Å²) in [6.07, 6.45) is 2.77. The molecule has 90 valence electrons. The number of aromatic nitrogens is 1. The third-order valence-electron chi connectivity index (χ3n) is 2.19. The maximum atomic E-state index is 11.6. The Bertz CT molecular complexity index is 448. The van der Waals surface area contributed by atoms with Crippen LogP contribution in [0.4, 0.5) is 5.82 Å². The molecule has 0 fully saturated rings. The van der Waals surface area contributed by atoms with Crippen molar-refractivity contribution in [3.8, 4) is 0 Å². The van der Waals surface area contributed by atoms with E-state index in [2.05, 4.69) is 4.98 Å². The fraction of sp³-hybridized carbons (Fsp3) is 0.500. The van der Waals surface area contributed by atoms with Crippen molar-refractivity contribution in [3.63, 3.8) is 0 Å². The summed E-state index contributed by atoms with van der Waals surface area (Å²) < 4.78 is 23.2. The van der Waals surface area contributed by atoms with Gasteiger partial charge in [-0.05, 0) is 19.1 Å². The van der Waals surface area contributed by atoms with E-state index in [1.807, 2.05) is 11.8 Å². The minimum absolute atomic E-state index is 0.252. The van der Waals surface area contributed by atoms with Gasteiger partial charge in [0, 0.05) is 31.4 Å². The van der Waals surface area contributed by atoms with E-state index < -0.39 is 9.84 Å². The van der Waals surface area contributed by atoms with E-state index in [1.165, 1.54) is 6.26 Å². The van der Waals surface area contributed by atoms with Gasteiger partial charge < -0.3 is 4.90 Å². The second-order valence-electron chi connectivity index (χ2n) is 3.37. The molecule has 0 aliphatic heterocycles. The van der Waals surface area contributed by atoms with Crippen LogP contribution in [0.3, 0.4) is 0 Å². The summed E-state index contributed by atoms with van der Waals surface area (Å²) in [6, 6.07) is 3.18. The summed E-state index contributed by atoms with van der Waals surface area (Å²) in [5, 5.41) is 0. The van der Waals surface area contributed by atoms with Gasteiger partial charge in [-0.3, -0.25) is 0 Å². The highest BCUT2D eigenvalue weighted by Crippen LogP contribution is 2.21. The number of anilines is 1. The first-order valence-electron chi connectivity index (χ1n) is 4.96. The Morgan fingerprint density at radius 3 is 2.69 bits per heavy atom. The molecule has 0 saturated heterocycles. The number of halogens is 1. The number of alkyl halides is 1. The predicted molar refractivity (Wildman–Crippen MR) is 66.0 cm³/mol. The number of rotatable bonds is 5. The molecule has 0 bridgehead atoms. The van der Waals surface area contributed by atoms with Crippen molar-refractivity contribution in [2.24, 2.45) is 0 Å². The first kappa shape index (κ1) is 13.3. The first-order valence-corrected chi connectivity index (χ1v) is 7.39. The highest BCUT2D eigenvalue weighted by Gasteiger charge is 2.17. The van der Waals surface area contributed by atoms with Gasteiger partial charge in [0.25, 0.3) is 0 Å². The Kier molecular flexibility index (Phi) is 4.56. The minimum Gasteiger partial charge on any atom is -0.355 e. The van der Waals surface area contributed by atoms with Crippen LogP contribution in [0.5, 0.6) is 0 Å². The van der Waals surface area contributed by atoms with Crippen LogP contribution in [-0.4, -0.2) is 38.6 Å². The lowest BCUT2D eigenvalue weighted by atomic mass is 10.4. The Morgan fingerprint density at radius 1 is 1.50 bits per heavy atom. The van der Waals surface area contributed by atoms with Crippen molar-refractivity contribution in [1.29, 1.82) is 0 Å². The zero-order valence-electron chi connectivity index (χ0n) is 9.35. The largest absolute Gasteiger partial charge is 0.355 e. The SMILES string of the molecule is CCN(CCCl)c1ncccc1S(C)(=O)=O. The van der Waals surface area contributed by atoms with Crippen LogP contribution >= 0.6 is 11.6 Å². The standard InChI is InChI=1S/C10H15ClN2O2S/c1-3-13(8-6-11)10-9(16(2,14)15)5-4-7-12-10/h4-5,7H,3,6,8H2,1-2H3. The summed E-state index contributed by atoms with van der Waals surface area (Å²) >= 11 is 5.67. The molecule has 0 aromatic carbocycles. The predicted octanol–water partition coefficient (Wildman–Crippen LogP) is 1.55. The van der Waals surface area contributed by atoms with Crippen molar-refractivity contribution >= 4 is 27.3 Å². The smallest absolute Gasteiger partial charge is 0.179 e. The van der Waals surface area contributed by atoms with Crippen LogP contribution in [0.15, 0.2) is 23.2 Å². The van der Waals surface area contributed by atoms with Gasteiger partial charge in [-0.15, -0.1) is 11.6 Å². The number of hydrogen-bond donors (Lipinski definition) is 0. The Labute approximate surface area is 101 Å². The van der Waals surface area contributed by atoms with Crippen LogP contribution in [0.25, 0.3) is 0 Å². The molecule has 0 aliphatic rings. The van der Waals surface area contributed by atoms with E-state index in [0.29, 0.717) is 24.8 Å². The van der Waals surface area contributed by atoms with E-state index in [9.17, 15) is 8.42 Å². The van der Waals surface area contributed by atoms with Crippen molar-refractivity contribution < 1.29 is 8.42 Å². The molecule has 1 aromatic heterocycles. The molecule has 1 rings (SSSR count). The summed E-state index contributed by atoms with van der Waals surface area (Å²) in [4.78, 5) is 6.23. The van der Waals surface area contributed by atoms with Gasteiger partial charge in [0.05, 0.1) is 0 Å². The summed E-state index contributed by atoms with van der Waals surface area (Å²) in [5.41, 5.74) is 0. The van der Waals surface area contributed by atoms with E-state index in [4.69, 9.17) is 11.6 Å². The maximum Gasteiger partial charge on any atom is 0.179 e. The highest BCUT2D eigenvalue weighted by molar-refractivity contribution is 7.90. The van der Waals surface area contributed by atoms with Crippen LogP contribution in [-0.2, 0) is 9.84 Å². The average molecular weight is 263 g/mol. The van der Waals surface area contributed by atoms with Crippen molar-refractivity contribution in [2.75, 3.05) is 30.1 Å². The van der Waals surface area contributed by atoms with Crippen molar-refractivity contribution in [1.82, 2.24) is 4.98 Å². The lowest BCUT2D eigenvalue weighted by Crippen LogP contribution is -2.27. The fourth-order valence-corrected chi connectivity index (χ4v) is 2.47. The van der Waals surface area contributed by atoms with Gasteiger partial charge in [-0.1, -0.05) is 0 Å². The Morgan fingerprint density at radius 2 is 2.19 bits per heavy atom. The molecule has 0 N–H and O–H groups in total. The molecular formula is C10H15ClN2O2S. The van der Waals surface area contributed by atoms with Gasteiger partial charge in [0.2, 0.25) is 0 Å². The second-order valence-corrected chi connectivity index (χ2v) is 5.73.